The Hall–Kier alpha value is -2.37. The van der Waals surface area contributed by atoms with Gasteiger partial charge in [0, 0.05) is 24.0 Å². The van der Waals surface area contributed by atoms with Crippen molar-refractivity contribution in [2.24, 2.45) is 0 Å². The number of quaternary nitrogens is 1. The van der Waals surface area contributed by atoms with Crippen LogP contribution in [-0.2, 0) is 24.2 Å². The van der Waals surface area contributed by atoms with E-state index < -0.39 is 0 Å². The lowest BCUT2D eigenvalue weighted by molar-refractivity contribution is -0.922. The highest BCUT2D eigenvalue weighted by Gasteiger charge is 2.41. The van der Waals surface area contributed by atoms with Crippen LogP contribution in [0.2, 0.25) is 0 Å². The van der Waals surface area contributed by atoms with Crippen molar-refractivity contribution in [3.05, 3.63) is 58.1 Å². The molecule has 0 radical (unpaired) electrons. The summed E-state index contributed by atoms with van der Waals surface area (Å²) in [5.41, 5.74) is 5.25. The first-order chi connectivity index (χ1) is 13.4. The summed E-state index contributed by atoms with van der Waals surface area (Å²) in [6.07, 6.45) is 1.78. The maximum atomic E-state index is 13.0. The van der Waals surface area contributed by atoms with E-state index in [1.54, 1.807) is 0 Å². The van der Waals surface area contributed by atoms with Crippen LogP contribution in [0.4, 0.5) is 0 Å². The Morgan fingerprint density at radius 1 is 1.25 bits per heavy atom. The number of aryl methyl sites for hydroxylation is 1. The highest BCUT2D eigenvalue weighted by atomic mass is 16.7. The molecular weight excluding hydrogens is 354 g/mol. The molecule has 2 aliphatic rings. The van der Waals surface area contributed by atoms with E-state index in [4.69, 9.17) is 9.47 Å². The van der Waals surface area contributed by atoms with E-state index in [2.05, 4.69) is 14.1 Å². The number of fused-ring (bicyclic) bond motifs is 2. The summed E-state index contributed by atoms with van der Waals surface area (Å²) in [4.78, 5) is 13.0. The number of hydrogen-bond donors (Lipinski definition) is 1. The Morgan fingerprint density at radius 2 is 2.04 bits per heavy atom. The van der Waals surface area contributed by atoms with Crippen LogP contribution in [0.15, 0.2) is 30.3 Å². The first kappa shape index (κ1) is 19.0. The number of Topliss-reactive ketones (excluding diaryl/α,β-unsaturated/α-hetero) is 1. The minimum absolute atomic E-state index is 0.00285. The van der Waals surface area contributed by atoms with Gasteiger partial charge in [-0.05, 0) is 29.7 Å². The van der Waals surface area contributed by atoms with Crippen LogP contribution < -0.4 is 9.47 Å². The number of nitrogens with zero attached hydrogens (tertiary/aromatic N) is 1. The molecule has 28 heavy (non-hydrogen) atoms. The fourth-order valence-corrected chi connectivity index (χ4v) is 4.53. The first-order valence-electron chi connectivity index (χ1n) is 9.84. The molecule has 148 valence electrons. The lowest BCUT2D eigenvalue weighted by Crippen LogP contribution is -2.49. The zero-order valence-electron chi connectivity index (χ0n) is 16.8. The van der Waals surface area contributed by atoms with Gasteiger partial charge in [0.15, 0.2) is 11.5 Å². The van der Waals surface area contributed by atoms with Crippen LogP contribution in [0.1, 0.15) is 40.3 Å². The molecule has 2 aliphatic heterocycles. The number of likely N-dealkylation sites (N-methyl/N-ethyl adjacent to an activating group) is 1. The third-order valence-electron chi connectivity index (χ3n) is 6.25. The number of rotatable bonds is 5. The summed E-state index contributed by atoms with van der Waals surface area (Å²) in [7, 11) is 4.33. The van der Waals surface area contributed by atoms with Crippen LogP contribution in [0, 0.1) is 6.92 Å². The van der Waals surface area contributed by atoms with Crippen molar-refractivity contribution in [3.8, 4) is 11.5 Å². The first-order valence-corrected chi connectivity index (χ1v) is 9.84. The maximum Gasteiger partial charge on any atom is 0.231 e. The van der Waals surface area contributed by atoms with E-state index >= 15 is 0 Å². The molecular formula is C23H28NO4+. The molecule has 0 aromatic heterocycles. The summed E-state index contributed by atoms with van der Waals surface area (Å²) < 4.78 is 11.9. The van der Waals surface area contributed by atoms with Gasteiger partial charge in [0.05, 0.1) is 33.7 Å². The predicted octanol–water partition coefficient (Wildman–Crippen LogP) is 3.09. The number of ether oxygens (including phenoxy) is 2. The lowest BCUT2D eigenvalue weighted by atomic mass is 9.83. The molecule has 0 aliphatic carbocycles. The number of aliphatic hydroxyl groups excluding tert-OH is 1. The van der Waals surface area contributed by atoms with Gasteiger partial charge in [-0.25, -0.2) is 0 Å². The van der Waals surface area contributed by atoms with Gasteiger partial charge in [-0.2, -0.15) is 0 Å². The number of hydrogen-bond acceptors (Lipinski definition) is 4. The van der Waals surface area contributed by atoms with Crippen molar-refractivity contribution >= 4 is 5.78 Å². The second-order valence-electron chi connectivity index (χ2n) is 8.43. The monoisotopic (exact) mass is 382 g/mol. The highest BCUT2D eigenvalue weighted by Crippen LogP contribution is 2.47. The zero-order chi connectivity index (χ0) is 19.9. The maximum absolute atomic E-state index is 13.0. The van der Waals surface area contributed by atoms with Crippen LogP contribution in [0.25, 0.3) is 0 Å². The van der Waals surface area contributed by atoms with Crippen molar-refractivity contribution in [1.29, 1.82) is 0 Å². The van der Waals surface area contributed by atoms with E-state index in [9.17, 15) is 9.90 Å². The Balaban J connectivity index is 1.69. The molecule has 1 atom stereocenters. The molecule has 0 saturated carbocycles. The van der Waals surface area contributed by atoms with E-state index in [-0.39, 0.29) is 25.2 Å². The molecule has 5 nitrogen and oxygen atoms in total. The van der Waals surface area contributed by atoms with Gasteiger partial charge < -0.3 is 19.1 Å². The average molecular weight is 382 g/mol. The average Bonchev–Trinajstić information content (AvgIpc) is 3.12. The molecule has 2 heterocycles. The molecule has 1 unspecified atom stereocenters. The summed E-state index contributed by atoms with van der Waals surface area (Å²) in [5.74, 6) is 1.57. The van der Waals surface area contributed by atoms with Gasteiger partial charge >= 0.3 is 0 Å². The van der Waals surface area contributed by atoms with Gasteiger partial charge in [-0.1, -0.05) is 24.3 Å². The summed E-state index contributed by atoms with van der Waals surface area (Å²) >= 11 is 0. The molecule has 2 aromatic carbocycles. The molecule has 0 bridgehead atoms. The molecule has 1 N–H and O–H groups in total. The molecule has 0 fully saturated rings. The minimum Gasteiger partial charge on any atom is -0.454 e. The van der Waals surface area contributed by atoms with Crippen LogP contribution >= 0.6 is 0 Å². The Bertz CT molecular complexity index is 919. The summed E-state index contributed by atoms with van der Waals surface area (Å²) in [5, 5.41) is 10.1. The minimum atomic E-state index is -0.114. The van der Waals surface area contributed by atoms with Crippen molar-refractivity contribution in [3.63, 3.8) is 0 Å². The van der Waals surface area contributed by atoms with Crippen LogP contribution in [-0.4, -0.2) is 42.8 Å². The van der Waals surface area contributed by atoms with Crippen molar-refractivity contribution in [2.45, 2.75) is 38.8 Å². The van der Waals surface area contributed by atoms with E-state index in [1.165, 1.54) is 5.56 Å². The van der Waals surface area contributed by atoms with Gasteiger partial charge in [-0.3, -0.25) is 4.79 Å². The second-order valence-corrected chi connectivity index (χ2v) is 8.43. The van der Waals surface area contributed by atoms with E-state index in [0.717, 1.165) is 39.7 Å². The third-order valence-corrected chi connectivity index (χ3v) is 6.25. The smallest absolute Gasteiger partial charge is 0.231 e. The van der Waals surface area contributed by atoms with Crippen LogP contribution in [0.5, 0.6) is 11.5 Å². The number of aliphatic hydroxyl groups is 1. The lowest BCUT2D eigenvalue weighted by Gasteiger charge is -2.43. The van der Waals surface area contributed by atoms with Gasteiger partial charge in [0.2, 0.25) is 6.79 Å². The number of carbonyl (C=O) groups excluding carboxylic acids is 1. The number of carbonyl (C=O) groups is 1. The normalized spacial score (nSPS) is 19.4. The van der Waals surface area contributed by atoms with Gasteiger partial charge in [-0.15, -0.1) is 0 Å². The fourth-order valence-electron chi connectivity index (χ4n) is 4.53. The second kappa shape index (κ2) is 7.22. The molecule has 0 amide bonds. The Labute approximate surface area is 166 Å². The number of ketones is 1. The molecule has 0 saturated heterocycles. The molecule has 5 heteroatoms. The summed E-state index contributed by atoms with van der Waals surface area (Å²) in [6.45, 7) is 3.06. The third kappa shape index (κ3) is 3.29. The Morgan fingerprint density at radius 3 is 2.79 bits per heavy atom. The quantitative estimate of drug-likeness (QED) is 0.808. The van der Waals surface area contributed by atoms with Gasteiger partial charge in [0.1, 0.15) is 11.8 Å². The predicted molar refractivity (Wildman–Crippen MR) is 106 cm³/mol. The fraction of sp³-hybridized carbons (Fsp3) is 0.435. The van der Waals surface area contributed by atoms with Gasteiger partial charge in [0.25, 0.3) is 0 Å². The molecule has 4 rings (SSSR count). The van der Waals surface area contributed by atoms with Crippen LogP contribution in [0.3, 0.4) is 0 Å². The largest absolute Gasteiger partial charge is 0.454 e. The zero-order valence-corrected chi connectivity index (χ0v) is 16.8. The van der Waals surface area contributed by atoms with E-state index in [0.29, 0.717) is 24.3 Å². The van der Waals surface area contributed by atoms with Crippen molar-refractivity contribution in [2.75, 3.05) is 27.4 Å². The molecule has 2 aromatic rings. The van der Waals surface area contributed by atoms with E-state index in [1.807, 2.05) is 37.3 Å². The highest BCUT2D eigenvalue weighted by molar-refractivity contribution is 5.82. The SMILES string of the molecule is Cc1ccccc1CC(=O)CC1c2c(cc3c(c2CO)OCO3)CC[N+]1(C)C. The van der Waals surface area contributed by atoms with Crippen molar-refractivity contribution < 1.29 is 23.9 Å². The van der Waals surface area contributed by atoms with Crippen molar-refractivity contribution in [1.82, 2.24) is 0 Å². The topological polar surface area (TPSA) is 55.8 Å². The Kier molecular flexibility index (Phi) is 4.89. The number of benzene rings is 2. The standard InChI is InChI=1S/C23H28NO4/c1-15-6-4-5-7-16(15)10-18(26)12-20-22-17(8-9-24(20,2)3)11-21-23(19(22)13-25)28-14-27-21/h4-7,11,20,25H,8-10,12-14H2,1-3H3/q+1. The molecule has 0 spiro atoms. The summed E-state index contributed by atoms with van der Waals surface area (Å²) in [6, 6.07) is 10.1.